The van der Waals surface area contributed by atoms with Crippen LogP contribution in [0.3, 0.4) is 0 Å². The molecule has 0 spiro atoms. The number of aromatic nitrogens is 2. The van der Waals surface area contributed by atoms with Gasteiger partial charge in [0.2, 0.25) is 5.91 Å². The Bertz CT molecular complexity index is 1000. The lowest BCUT2D eigenvalue weighted by molar-refractivity contribution is -0.117. The molecule has 7 nitrogen and oxygen atoms in total. The molecule has 0 saturated carbocycles. The Balaban J connectivity index is 1.52. The molecule has 1 aromatic heterocycles. The molecule has 1 fully saturated rings. The number of carbonyl (C=O) groups excluding carboxylic acids is 1. The van der Waals surface area contributed by atoms with Crippen molar-refractivity contribution in [2.45, 2.75) is 12.3 Å². The molecule has 8 heteroatoms. The minimum Gasteiger partial charge on any atom is -0.497 e. The summed E-state index contributed by atoms with van der Waals surface area (Å²) >= 11 is 0. The van der Waals surface area contributed by atoms with Crippen LogP contribution in [0.25, 0.3) is 11.5 Å². The molecule has 1 atom stereocenters. The highest BCUT2D eigenvalue weighted by Gasteiger charge is 2.34. The fourth-order valence-electron chi connectivity index (χ4n) is 3.21. The van der Waals surface area contributed by atoms with E-state index in [0.717, 1.165) is 11.4 Å². The summed E-state index contributed by atoms with van der Waals surface area (Å²) in [5, 5.41) is 4.00. The molecule has 1 saturated heterocycles. The molecule has 2 aromatic carbocycles. The molecule has 2 heterocycles. The van der Waals surface area contributed by atoms with Gasteiger partial charge in [0.1, 0.15) is 5.75 Å². The zero-order valence-corrected chi connectivity index (χ0v) is 15.4. The molecule has 144 valence electrons. The van der Waals surface area contributed by atoms with E-state index < -0.39 is 5.82 Å². The summed E-state index contributed by atoms with van der Waals surface area (Å²) in [6.07, 6.45) is 0.280. The zero-order valence-electron chi connectivity index (χ0n) is 15.4. The van der Waals surface area contributed by atoms with Crippen molar-refractivity contribution in [2.24, 2.45) is 0 Å². The van der Waals surface area contributed by atoms with Gasteiger partial charge in [-0.3, -0.25) is 4.79 Å². The maximum atomic E-state index is 13.9. The number of ether oxygens (including phenoxy) is 2. The summed E-state index contributed by atoms with van der Waals surface area (Å²) in [5.74, 6) is 0.762. The summed E-state index contributed by atoms with van der Waals surface area (Å²) in [5.41, 5.74) is 1.24. The van der Waals surface area contributed by atoms with Crippen LogP contribution in [-0.2, 0) is 4.79 Å². The molecule has 1 unspecified atom stereocenters. The fraction of sp³-hybridized carbons (Fsp3) is 0.250. The lowest BCUT2D eigenvalue weighted by Gasteiger charge is -2.16. The molecule has 0 radical (unpaired) electrons. The van der Waals surface area contributed by atoms with Crippen LogP contribution < -0.4 is 14.4 Å². The minimum atomic E-state index is -0.513. The van der Waals surface area contributed by atoms with E-state index >= 15 is 0 Å². The number of nitrogens with zero attached hydrogens (tertiary/aromatic N) is 3. The maximum Gasteiger partial charge on any atom is 0.258 e. The first kappa shape index (κ1) is 18.0. The van der Waals surface area contributed by atoms with Crippen molar-refractivity contribution in [1.29, 1.82) is 0 Å². The largest absolute Gasteiger partial charge is 0.497 e. The highest BCUT2D eigenvalue weighted by molar-refractivity contribution is 5.96. The van der Waals surface area contributed by atoms with Crippen LogP contribution in [0.1, 0.15) is 18.2 Å². The predicted octanol–water partition coefficient (Wildman–Crippen LogP) is 3.41. The van der Waals surface area contributed by atoms with E-state index in [0.29, 0.717) is 17.9 Å². The third kappa shape index (κ3) is 3.28. The summed E-state index contributed by atoms with van der Waals surface area (Å²) in [4.78, 5) is 18.5. The van der Waals surface area contributed by atoms with Crippen LogP contribution in [-0.4, -0.2) is 36.8 Å². The van der Waals surface area contributed by atoms with Gasteiger partial charge in [0.15, 0.2) is 17.4 Å². The van der Waals surface area contributed by atoms with Crippen LogP contribution in [0.15, 0.2) is 47.0 Å². The highest BCUT2D eigenvalue weighted by Crippen LogP contribution is 2.32. The van der Waals surface area contributed by atoms with E-state index in [-0.39, 0.29) is 29.9 Å². The highest BCUT2D eigenvalue weighted by atomic mass is 19.1. The van der Waals surface area contributed by atoms with Crippen molar-refractivity contribution in [3.8, 4) is 23.0 Å². The predicted molar refractivity (Wildman–Crippen MR) is 98.9 cm³/mol. The maximum absolute atomic E-state index is 13.9. The molecule has 4 rings (SSSR count). The van der Waals surface area contributed by atoms with Crippen molar-refractivity contribution in [3.05, 3.63) is 54.1 Å². The van der Waals surface area contributed by atoms with Crippen molar-refractivity contribution in [1.82, 2.24) is 10.1 Å². The zero-order chi connectivity index (χ0) is 19.7. The first-order valence-electron chi connectivity index (χ1n) is 8.71. The lowest BCUT2D eigenvalue weighted by Crippen LogP contribution is -2.24. The first-order valence-corrected chi connectivity index (χ1v) is 8.71. The smallest absolute Gasteiger partial charge is 0.258 e. The van der Waals surface area contributed by atoms with Gasteiger partial charge in [-0.25, -0.2) is 4.39 Å². The van der Waals surface area contributed by atoms with E-state index in [9.17, 15) is 9.18 Å². The number of amides is 1. The van der Waals surface area contributed by atoms with Gasteiger partial charge in [-0.1, -0.05) is 5.16 Å². The van der Waals surface area contributed by atoms with E-state index in [4.69, 9.17) is 14.0 Å². The molecule has 0 aliphatic carbocycles. The van der Waals surface area contributed by atoms with Gasteiger partial charge in [-0.2, -0.15) is 4.98 Å². The number of methoxy groups -OCH3 is 2. The Morgan fingerprint density at radius 3 is 2.61 bits per heavy atom. The standard InChI is InChI=1S/C20H18FN3O4/c1-26-15-6-4-14(5-7-15)24-11-13(10-18(24)25)19-22-20(28-23-19)12-3-8-17(27-2)16(21)9-12/h3-9,13H,10-11H2,1-2H3. The fourth-order valence-corrected chi connectivity index (χ4v) is 3.21. The molecule has 1 aliphatic heterocycles. The van der Waals surface area contributed by atoms with Gasteiger partial charge in [0.25, 0.3) is 5.89 Å². The Hall–Kier alpha value is -3.42. The molecular formula is C20H18FN3O4. The SMILES string of the molecule is COc1ccc(N2CC(c3noc(-c4ccc(OC)c(F)c4)n3)CC2=O)cc1. The number of rotatable bonds is 5. The Morgan fingerprint density at radius 1 is 1.14 bits per heavy atom. The van der Waals surface area contributed by atoms with Crippen LogP contribution in [0.4, 0.5) is 10.1 Å². The van der Waals surface area contributed by atoms with Gasteiger partial charge in [0.05, 0.1) is 14.2 Å². The molecule has 28 heavy (non-hydrogen) atoms. The van der Waals surface area contributed by atoms with E-state index in [2.05, 4.69) is 10.1 Å². The van der Waals surface area contributed by atoms with Crippen molar-refractivity contribution in [3.63, 3.8) is 0 Å². The van der Waals surface area contributed by atoms with Crippen LogP contribution >= 0.6 is 0 Å². The summed E-state index contributed by atoms with van der Waals surface area (Å²) < 4.78 is 29.3. The molecule has 1 aliphatic rings. The quantitative estimate of drug-likeness (QED) is 0.672. The molecule has 1 amide bonds. The second-order valence-corrected chi connectivity index (χ2v) is 6.41. The summed E-state index contributed by atoms with van der Waals surface area (Å²) in [6.45, 7) is 0.446. The van der Waals surface area contributed by atoms with E-state index in [1.165, 1.54) is 19.2 Å². The molecule has 0 N–H and O–H groups in total. The monoisotopic (exact) mass is 383 g/mol. The number of hydrogen-bond acceptors (Lipinski definition) is 6. The van der Waals surface area contributed by atoms with Crippen molar-refractivity contribution >= 4 is 11.6 Å². The number of benzene rings is 2. The van der Waals surface area contributed by atoms with E-state index in [1.807, 2.05) is 12.1 Å². The van der Waals surface area contributed by atoms with Gasteiger partial charge >= 0.3 is 0 Å². The number of anilines is 1. The Kier molecular flexibility index (Phi) is 4.68. The van der Waals surface area contributed by atoms with Gasteiger partial charge in [-0.05, 0) is 42.5 Å². The number of hydrogen-bond donors (Lipinski definition) is 0. The Morgan fingerprint density at radius 2 is 1.93 bits per heavy atom. The third-order valence-corrected chi connectivity index (χ3v) is 4.71. The Labute approximate surface area is 160 Å². The van der Waals surface area contributed by atoms with Crippen molar-refractivity contribution in [2.75, 3.05) is 25.7 Å². The van der Waals surface area contributed by atoms with Gasteiger partial charge < -0.3 is 18.9 Å². The first-order chi connectivity index (χ1) is 13.6. The average Bonchev–Trinajstić information content (AvgIpc) is 3.35. The van der Waals surface area contributed by atoms with Crippen LogP contribution in [0, 0.1) is 5.82 Å². The number of halogens is 1. The molecule has 0 bridgehead atoms. The van der Waals surface area contributed by atoms with E-state index in [1.54, 1.807) is 30.2 Å². The number of carbonyl (C=O) groups is 1. The molecule has 3 aromatic rings. The molecular weight excluding hydrogens is 365 g/mol. The van der Waals surface area contributed by atoms with Gasteiger partial charge in [-0.15, -0.1) is 0 Å². The summed E-state index contributed by atoms with van der Waals surface area (Å²) in [7, 11) is 2.99. The van der Waals surface area contributed by atoms with Gasteiger partial charge in [0, 0.05) is 30.1 Å². The topological polar surface area (TPSA) is 77.7 Å². The lowest BCUT2D eigenvalue weighted by atomic mass is 10.1. The second kappa shape index (κ2) is 7.30. The van der Waals surface area contributed by atoms with Crippen LogP contribution in [0.2, 0.25) is 0 Å². The minimum absolute atomic E-state index is 0.0167. The second-order valence-electron chi connectivity index (χ2n) is 6.41. The third-order valence-electron chi connectivity index (χ3n) is 4.71. The normalized spacial score (nSPS) is 16.5. The summed E-state index contributed by atoms with van der Waals surface area (Å²) in [6, 6.07) is 11.7. The van der Waals surface area contributed by atoms with Crippen molar-refractivity contribution < 1.29 is 23.2 Å². The average molecular weight is 383 g/mol. The van der Waals surface area contributed by atoms with Crippen LogP contribution in [0.5, 0.6) is 11.5 Å².